The number of benzene rings is 1. The third-order valence-electron chi connectivity index (χ3n) is 3.08. The number of aromatic amines is 1. The molecule has 3 rings (SSSR count). The number of aromatic nitrogens is 3. The molecular formula is C13H5F6N3O2. The standard InChI is InChI=1S/C13H5F6N3O2/c14-5-2-1-4(9-7(5)22-12(23)24-9)6-3-20-10(13(17,18)19)8(21-6)11(15)16/h1-3,11H,(H,22,23). The summed E-state index contributed by atoms with van der Waals surface area (Å²) in [4.78, 5) is 19.5. The van der Waals surface area contributed by atoms with E-state index in [0.29, 0.717) is 6.20 Å². The van der Waals surface area contributed by atoms with Gasteiger partial charge in [0.15, 0.2) is 17.1 Å². The van der Waals surface area contributed by atoms with Gasteiger partial charge in [0.1, 0.15) is 11.2 Å². The molecule has 0 fully saturated rings. The molecule has 3 aromatic rings. The van der Waals surface area contributed by atoms with E-state index in [4.69, 9.17) is 4.42 Å². The van der Waals surface area contributed by atoms with Crippen molar-refractivity contribution in [3.8, 4) is 11.3 Å². The average Bonchev–Trinajstić information content (AvgIpc) is 2.88. The number of alkyl halides is 5. The van der Waals surface area contributed by atoms with Crippen molar-refractivity contribution in [3.63, 3.8) is 0 Å². The van der Waals surface area contributed by atoms with E-state index in [-0.39, 0.29) is 16.7 Å². The van der Waals surface area contributed by atoms with Crippen LogP contribution in [0.1, 0.15) is 17.8 Å². The fourth-order valence-electron chi connectivity index (χ4n) is 2.11. The zero-order valence-electron chi connectivity index (χ0n) is 11.3. The number of H-pyrrole nitrogens is 1. The van der Waals surface area contributed by atoms with Gasteiger partial charge in [-0.2, -0.15) is 13.2 Å². The van der Waals surface area contributed by atoms with Crippen LogP contribution in [0.2, 0.25) is 0 Å². The molecule has 1 N–H and O–H groups in total. The highest BCUT2D eigenvalue weighted by atomic mass is 19.4. The van der Waals surface area contributed by atoms with Crippen LogP contribution in [0.4, 0.5) is 26.3 Å². The summed E-state index contributed by atoms with van der Waals surface area (Å²) in [6, 6.07) is 1.91. The first kappa shape index (κ1) is 16.0. The lowest BCUT2D eigenvalue weighted by atomic mass is 10.1. The van der Waals surface area contributed by atoms with Gasteiger partial charge in [-0.3, -0.25) is 4.98 Å². The van der Waals surface area contributed by atoms with E-state index in [9.17, 15) is 31.1 Å². The Labute approximate surface area is 128 Å². The molecule has 0 saturated carbocycles. The van der Waals surface area contributed by atoms with E-state index in [0.717, 1.165) is 12.1 Å². The second-order valence-electron chi connectivity index (χ2n) is 4.60. The first-order valence-electron chi connectivity index (χ1n) is 6.22. The maximum absolute atomic E-state index is 13.6. The number of oxazole rings is 1. The van der Waals surface area contributed by atoms with Gasteiger partial charge < -0.3 is 4.42 Å². The number of halogens is 6. The number of nitrogens with one attached hydrogen (secondary N) is 1. The van der Waals surface area contributed by atoms with Crippen LogP contribution in [0.25, 0.3) is 22.4 Å². The Bertz CT molecular complexity index is 976. The molecule has 2 heterocycles. The number of hydrogen-bond donors (Lipinski definition) is 1. The molecule has 11 heteroatoms. The minimum Gasteiger partial charge on any atom is -0.407 e. The summed E-state index contributed by atoms with van der Waals surface area (Å²) in [5.41, 5.74) is -4.71. The fourth-order valence-corrected chi connectivity index (χ4v) is 2.11. The summed E-state index contributed by atoms with van der Waals surface area (Å²) in [6.07, 6.45) is -8.06. The van der Waals surface area contributed by atoms with Gasteiger partial charge in [0.05, 0.1) is 11.9 Å². The number of fused-ring (bicyclic) bond motifs is 1. The van der Waals surface area contributed by atoms with E-state index in [1.165, 1.54) is 0 Å². The normalized spacial score (nSPS) is 12.3. The van der Waals surface area contributed by atoms with Gasteiger partial charge in [0, 0.05) is 5.56 Å². The van der Waals surface area contributed by atoms with Gasteiger partial charge >= 0.3 is 11.9 Å². The Balaban J connectivity index is 2.26. The summed E-state index contributed by atoms with van der Waals surface area (Å²) < 4.78 is 82.2. The van der Waals surface area contributed by atoms with Crippen LogP contribution < -0.4 is 5.76 Å². The predicted molar refractivity (Wildman–Crippen MR) is 67.8 cm³/mol. The lowest BCUT2D eigenvalue weighted by molar-refractivity contribution is -0.143. The smallest absolute Gasteiger partial charge is 0.407 e. The SMILES string of the molecule is O=c1[nH]c2c(F)ccc(-c3cnc(C(F)(F)F)c(C(F)F)n3)c2o1. The number of nitrogens with zero attached hydrogens (tertiary/aromatic N) is 2. The van der Waals surface area contributed by atoms with Crippen molar-refractivity contribution in [2.45, 2.75) is 12.6 Å². The molecule has 0 aliphatic heterocycles. The van der Waals surface area contributed by atoms with Crippen LogP contribution in [-0.2, 0) is 6.18 Å². The van der Waals surface area contributed by atoms with Gasteiger partial charge in [-0.15, -0.1) is 0 Å². The summed E-state index contributed by atoms with van der Waals surface area (Å²) in [7, 11) is 0. The molecule has 0 radical (unpaired) electrons. The third kappa shape index (κ3) is 2.61. The Morgan fingerprint density at radius 1 is 1.21 bits per heavy atom. The van der Waals surface area contributed by atoms with Crippen LogP contribution >= 0.6 is 0 Å². The van der Waals surface area contributed by atoms with Gasteiger partial charge in [-0.25, -0.2) is 27.9 Å². The molecule has 0 aliphatic rings. The topological polar surface area (TPSA) is 71.8 Å². The molecule has 0 aliphatic carbocycles. The Kier molecular flexibility index (Phi) is 3.57. The Morgan fingerprint density at radius 3 is 2.54 bits per heavy atom. The monoisotopic (exact) mass is 349 g/mol. The lowest BCUT2D eigenvalue weighted by Crippen LogP contribution is -2.14. The Hall–Kier alpha value is -2.85. The van der Waals surface area contributed by atoms with Crippen molar-refractivity contribution in [2.24, 2.45) is 0 Å². The van der Waals surface area contributed by atoms with Gasteiger partial charge in [-0.1, -0.05) is 0 Å². The maximum atomic E-state index is 13.6. The number of rotatable bonds is 2. The molecule has 24 heavy (non-hydrogen) atoms. The minimum absolute atomic E-state index is 0.159. The molecule has 5 nitrogen and oxygen atoms in total. The molecule has 1 aromatic carbocycles. The molecule has 0 bridgehead atoms. The highest BCUT2D eigenvalue weighted by Gasteiger charge is 2.39. The van der Waals surface area contributed by atoms with E-state index >= 15 is 0 Å². The van der Waals surface area contributed by atoms with Crippen molar-refractivity contribution >= 4 is 11.1 Å². The van der Waals surface area contributed by atoms with E-state index in [1.807, 2.05) is 4.98 Å². The highest BCUT2D eigenvalue weighted by Crippen LogP contribution is 2.36. The van der Waals surface area contributed by atoms with Crippen LogP contribution in [0.5, 0.6) is 0 Å². The molecule has 0 amide bonds. The van der Waals surface area contributed by atoms with E-state index < -0.39 is 41.3 Å². The lowest BCUT2D eigenvalue weighted by Gasteiger charge is -2.12. The third-order valence-corrected chi connectivity index (χ3v) is 3.08. The molecule has 0 atom stereocenters. The van der Waals surface area contributed by atoms with Gasteiger partial charge in [0.25, 0.3) is 6.43 Å². The van der Waals surface area contributed by atoms with Gasteiger partial charge in [-0.05, 0) is 12.1 Å². The molecular weight excluding hydrogens is 344 g/mol. The molecule has 0 saturated heterocycles. The summed E-state index contributed by atoms with van der Waals surface area (Å²) >= 11 is 0. The average molecular weight is 349 g/mol. The fraction of sp³-hybridized carbons (Fsp3) is 0.154. The summed E-state index contributed by atoms with van der Waals surface area (Å²) in [5.74, 6) is -1.89. The zero-order chi connectivity index (χ0) is 17.6. The summed E-state index contributed by atoms with van der Waals surface area (Å²) in [6.45, 7) is 0. The van der Waals surface area contributed by atoms with Crippen molar-refractivity contribution in [3.05, 3.63) is 46.1 Å². The highest BCUT2D eigenvalue weighted by molar-refractivity contribution is 5.89. The predicted octanol–water partition coefficient (Wildman–Crippen LogP) is 3.67. The largest absolute Gasteiger partial charge is 0.435 e. The van der Waals surface area contributed by atoms with Crippen LogP contribution in [-0.4, -0.2) is 15.0 Å². The van der Waals surface area contributed by atoms with E-state index in [1.54, 1.807) is 0 Å². The van der Waals surface area contributed by atoms with Crippen LogP contribution in [0, 0.1) is 5.82 Å². The first-order chi connectivity index (χ1) is 11.2. The van der Waals surface area contributed by atoms with Crippen molar-refractivity contribution in [1.29, 1.82) is 0 Å². The maximum Gasteiger partial charge on any atom is 0.435 e. The zero-order valence-corrected chi connectivity index (χ0v) is 11.3. The van der Waals surface area contributed by atoms with Crippen molar-refractivity contribution in [2.75, 3.05) is 0 Å². The second kappa shape index (κ2) is 5.35. The quantitative estimate of drug-likeness (QED) is 0.717. The second-order valence-corrected chi connectivity index (χ2v) is 4.60. The van der Waals surface area contributed by atoms with Crippen molar-refractivity contribution < 1.29 is 30.8 Å². The van der Waals surface area contributed by atoms with Crippen LogP contribution in [0.3, 0.4) is 0 Å². The first-order valence-corrected chi connectivity index (χ1v) is 6.22. The molecule has 126 valence electrons. The van der Waals surface area contributed by atoms with Crippen molar-refractivity contribution in [1.82, 2.24) is 15.0 Å². The molecule has 0 unspecified atom stereocenters. The summed E-state index contributed by atoms with van der Waals surface area (Å²) in [5, 5.41) is 0. The Morgan fingerprint density at radius 2 is 1.92 bits per heavy atom. The van der Waals surface area contributed by atoms with Gasteiger partial charge in [0.2, 0.25) is 0 Å². The van der Waals surface area contributed by atoms with E-state index in [2.05, 4.69) is 9.97 Å². The van der Waals surface area contributed by atoms with Crippen LogP contribution in [0.15, 0.2) is 27.5 Å². The number of hydrogen-bond acceptors (Lipinski definition) is 4. The molecule has 0 spiro atoms. The minimum atomic E-state index is -5.12. The molecule has 2 aromatic heterocycles.